The van der Waals surface area contributed by atoms with Gasteiger partial charge in [0, 0.05) is 26.2 Å². The second kappa shape index (κ2) is 15.0. The van der Waals surface area contributed by atoms with Gasteiger partial charge in [0.25, 0.3) is 11.8 Å². The molecule has 0 aliphatic rings. The average Bonchev–Trinajstić information content (AvgIpc) is 2.99. The molecule has 0 radical (unpaired) electrons. The largest absolute Gasteiger partial charge is 0.323 e. The Kier molecular flexibility index (Phi) is 11.1. The number of thioether (sulfide) groups is 1. The summed E-state index contributed by atoms with van der Waals surface area (Å²) in [5.41, 5.74) is 0.433. The number of anilines is 2. The first-order valence-electron chi connectivity index (χ1n) is 13.0. The van der Waals surface area contributed by atoms with Gasteiger partial charge in [0.15, 0.2) is 0 Å². The average molecular weight is 685 g/mol. The molecule has 3 N–H and O–H groups in total. The van der Waals surface area contributed by atoms with Crippen molar-refractivity contribution in [3.05, 3.63) is 129 Å². The van der Waals surface area contributed by atoms with Gasteiger partial charge in [0.1, 0.15) is 17.3 Å². The fourth-order valence-corrected chi connectivity index (χ4v) is 5.44. The predicted octanol–water partition coefficient (Wildman–Crippen LogP) is 8.30. The summed E-state index contributed by atoms with van der Waals surface area (Å²) in [4.78, 5) is 39.9. The molecule has 1 unspecified atom stereocenters. The van der Waals surface area contributed by atoms with Gasteiger partial charge in [-0.05, 0) is 73.2 Å². The van der Waals surface area contributed by atoms with Crippen LogP contribution in [0.2, 0.25) is 5.02 Å². The fraction of sp³-hybridized carbons (Fsp3) is 0.0938. The van der Waals surface area contributed by atoms with Gasteiger partial charge in [-0.2, -0.15) is 0 Å². The van der Waals surface area contributed by atoms with E-state index in [-0.39, 0.29) is 27.9 Å². The predicted molar refractivity (Wildman–Crippen MR) is 171 cm³/mol. The summed E-state index contributed by atoms with van der Waals surface area (Å²) in [6.45, 7) is 1.83. The number of carbonyl (C=O) groups excluding carboxylic acids is 3. The van der Waals surface area contributed by atoms with Crippen molar-refractivity contribution in [2.75, 3.05) is 10.6 Å². The van der Waals surface area contributed by atoms with E-state index in [1.807, 2.05) is 6.92 Å². The molecule has 0 aliphatic heterocycles. The summed E-state index contributed by atoms with van der Waals surface area (Å²) in [7, 11) is 0. The van der Waals surface area contributed by atoms with Crippen LogP contribution >= 0.6 is 39.3 Å². The Morgan fingerprint density at radius 1 is 0.907 bits per heavy atom. The van der Waals surface area contributed by atoms with Crippen LogP contribution in [-0.4, -0.2) is 23.0 Å². The molecule has 0 spiro atoms. The zero-order chi connectivity index (χ0) is 30.9. The van der Waals surface area contributed by atoms with Crippen LogP contribution in [0.1, 0.15) is 29.3 Å². The molecule has 220 valence electrons. The number of hydrogen-bond acceptors (Lipinski definition) is 4. The van der Waals surface area contributed by atoms with E-state index >= 15 is 0 Å². The highest BCUT2D eigenvalue weighted by Crippen LogP contribution is 2.30. The molecule has 4 rings (SSSR count). The molecule has 11 heteroatoms. The van der Waals surface area contributed by atoms with Gasteiger partial charge >= 0.3 is 0 Å². The maximum Gasteiger partial charge on any atom is 0.272 e. The fourth-order valence-electron chi connectivity index (χ4n) is 3.87. The van der Waals surface area contributed by atoms with Crippen molar-refractivity contribution in [3.63, 3.8) is 0 Å². The monoisotopic (exact) mass is 683 g/mol. The highest BCUT2D eigenvalue weighted by Gasteiger charge is 2.21. The van der Waals surface area contributed by atoms with Gasteiger partial charge in [-0.25, -0.2) is 8.78 Å². The molecule has 43 heavy (non-hydrogen) atoms. The quantitative estimate of drug-likeness (QED) is 0.116. The lowest BCUT2D eigenvalue weighted by Crippen LogP contribution is -2.30. The van der Waals surface area contributed by atoms with Crippen molar-refractivity contribution < 1.29 is 23.2 Å². The minimum atomic E-state index is -0.721. The molecule has 1 atom stereocenters. The Hall–Kier alpha value is -3.99. The molecule has 0 aromatic heterocycles. The van der Waals surface area contributed by atoms with Crippen LogP contribution in [0.3, 0.4) is 0 Å². The molecule has 3 amide bonds. The Balaban J connectivity index is 1.53. The summed E-state index contributed by atoms with van der Waals surface area (Å²) < 4.78 is 29.4. The highest BCUT2D eigenvalue weighted by molar-refractivity contribution is 9.10. The van der Waals surface area contributed by atoms with Crippen molar-refractivity contribution in [3.8, 4) is 0 Å². The highest BCUT2D eigenvalue weighted by atomic mass is 79.9. The number of amides is 3. The minimum absolute atomic E-state index is 0.0598. The lowest BCUT2D eigenvalue weighted by atomic mass is 10.1. The third-order valence-electron chi connectivity index (χ3n) is 6.04. The summed E-state index contributed by atoms with van der Waals surface area (Å²) in [5, 5.41) is 7.39. The maximum atomic E-state index is 14.6. The Morgan fingerprint density at radius 2 is 1.65 bits per heavy atom. The number of carbonyl (C=O) groups is 3. The molecule has 4 aromatic carbocycles. The molecular weight excluding hydrogens is 660 g/mol. The summed E-state index contributed by atoms with van der Waals surface area (Å²) in [5.74, 6) is -2.90. The standard InChI is InChI=1S/C32H25BrClF2N3O3S/c1-2-29(32(42)38-27-15-14-20(33)16-26(27)36)43-22-11-6-10-21(17-22)37-31(41)28(18-23-24(34)12-7-13-25(23)35)39-30(40)19-8-4-3-5-9-19/h3-18,29H,2H2,1H3,(H,37,41)(H,38,42)(H,39,40)/b28-18+. The van der Waals surface area contributed by atoms with E-state index in [1.165, 1.54) is 48.2 Å². The molecule has 4 aromatic rings. The Bertz CT molecular complexity index is 1670. The van der Waals surface area contributed by atoms with E-state index in [2.05, 4.69) is 31.9 Å². The van der Waals surface area contributed by atoms with E-state index in [9.17, 15) is 23.2 Å². The van der Waals surface area contributed by atoms with Crippen molar-refractivity contribution in [2.45, 2.75) is 23.5 Å². The van der Waals surface area contributed by atoms with Gasteiger partial charge in [-0.15, -0.1) is 11.8 Å². The minimum Gasteiger partial charge on any atom is -0.323 e. The van der Waals surface area contributed by atoms with Crippen LogP contribution in [0.15, 0.2) is 106 Å². The maximum absolute atomic E-state index is 14.6. The second-order valence-electron chi connectivity index (χ2n) is 9.12. The van der Waals surface area contributed by atoms with Gasteiger partial charge in [0.05, 0.1) is 16.0 Å². The normalized spacial score (nSPS) is 11.9. The molecule has 0 saturated carbocycles. The summed E-state index contributed by atoms with van der Waals surface area (Å²) >= 11 is 10.6. The number of rotatable bonds is 10. The molecule has 6 nitrogen and oxygen atoms in total. The van der Waals surface area contributed by atoms with Crippen LogP contribution in [0, 0.1) is 11.6 Å². The first-order valence-corrected chi connectivity index (χ1v) is 15.1. The molecule has 0 aliphatic carbocycles. The topological polar surface area (TPSA) is 87.3 Å². The summed E-state index contributed by atoms with van der Waals surface area (Å²) in [6.07, 6.45) is 1.62. The SMILES string of the molecule is CCC(Sc1cccc(NC(=O)/C(=C\c2c(F)cccc2Cl)NC(=O)c2ccccc2)c1)C(=O)Nc1ccc(Br)cc1F. The van der Waals surface area contributed by atoms with Crippen LogP contribution < -0.4 is 16.0 Å². The van der Waals surface area contributed by atoms with Crippen LogP contribution in [0.4, 0.5) is 20.2 Å². The third-order valence-corrected chi connectivity index (χ3v) is 8.22. The van der Waals surface area contributed by atoms with Gasteiger partial charge in [0.2, 0.25) is 5.91 Å². The smallest absolute Gasteiger partial charge is 0.272 e. The molecule has 0 fully saturated rings. The first-order chi connectivity index (χ1) is 20.6. The van der Waals surface area contributed by atoms with Crippen molar-refractivity contribution >= 4 is 74.5 Å². The first kappa shape index (κ1) is 31.9. The van der Waals surface area contributed by atoms with E-state index in [0.717, 1.165) is 0 Å². The van der Waals surface area contributed by atoms with E-state index < -0.39 is 28.7 Å². The summed E-state index contributed by atoms with van der Waals surface area (Å²) in [6, 6.07) is 23.5. The van der Waals surface area contributed by atoms with E-state index in [1.54, 1.807) is 60.7 Å². The number of benzene rings is 4. The Morgan fingerprint density at radius 3 is 2.35 bits per heavy atom. The molecule has 0 bridgehead atoms. The third kappa shape index (κ3) is 8.76. The zero-order valence-corrected chi connectivity index (χ0v) is 25.8. The molecule has 0 heterocycles. The van der Waals surface area contributed by atoms with Gasteiger partial charge in [-0.3, -0.25) is 14.4 Å². The van der Waals surface area contributed by atoms with Crippen LogP contribution in [-0.2, 0) is 9.59 Å². The Labute approximate surface area is 265 Å². The molecule has 0 saturated heterocycles. The van der Waals surface area contributed by atoms with Crippen molar-refractivity contribution in [1.82, 2.24) is 5.32 Å². The lowest BCUT2D eigenvalue weighted by molar-refractivity contribution is -0.116. The second-order valence-corrected chi connectivity index (χ2v) is 11.7. The number of nitrogens with one attached hydrogen (secondary N) is 3. The van der Waals surface area contributed by atoms with Crippen LogP contribution in [0.5, 0.6) is 0 Å². The molecular formula is C32H25BrClF2N3O3S. The van der Waals surface area contributed by atoms with E-state index in [0.29, 0.717) is 27.0 Å². The van der Waals surface area contributed by atoms with Crippen LogP contribution in [0.25, 0.3) is 6.08 Å². The lowest BCUT2D eigenvalue weighted by Gasteiger charge is -2.16. The van der Waals surface area contributed by atoms with Gasteiger partial charge < -0.3 is 16.0 Å². The van der Waals surface area contributed by atoms with Gasteiger partial charge in [-0.1, -0.05) is 64.8 Å². The van der Waals surface area contributed by atoms with Crippen molar-refractivity contribution in [1.29, 1.82) is 0 Å². The van der Waals surface area contributed by atoms with Crippen molar-refractivity contribution in [2.24, 2.45) is 0 Å². The number of hydrogen-bond donors (Lipinski definition) is 3. The zero-order valence-electron chi connectivity index (χ0n) is 22.7. The van der Waals surface area contributed by atoms with E-state index in [4.69, 9.17) is 11.6 Å². The number of halogens is 4.